The summed E-state index contributed by atoms with van der Waals surface area (Å²) < 4.78 is 0. The molecule has 1 atom stereocenters. The first-order chi connectivity index (χ1) is 7.47. The molecule has 0 unspecified atom stereocenters. The van der Waals surface area contributed by atoms with Crippen molar-refractivity contribution in [3.63, 3.8) is 0 Å². The van der Waals surface area contributed by atoms with Gasteiger partial charge in [0.25, 0.3) is 0 Å². The van der Waals surface area contributed by atoms with E-state index < -0.39 is 0 Å². The van der Waals surface area contributed by atoms with Crippen LogP contribution in [0.25, 0.3) is 0 Å². The Kier molecular flexibility index (Phi) is 2.84. The molecule has 88 valence electrons. The Morgan fingerprint density at radius 2 is 2.06 bits per heavy atom. The summed E-state index contributed by atoms with van der Waals surface area (Å²) in [5.74, 6) is 0.865. The first-order valence-corrected chi connectivity index (χ1v) is 5.74. The maximum atomic E-state index is 9.45. The Labute approximate surface area is 96.3 Å². The van der Waals surface area contributed by atoms with Crippen LogP contribution in [0, 0.1) is 0 Å². The Morgan fingerprint density at radius 1 is 1.31 bits per heavy atom. The standard InChI is InChI=1S/C12H19N3O/c1-12(2,3)10-4-5-11(14-13-10)15-7-6-9(16)8-15/h4-5,9,16H,6-8H2,1-3H3/t9-/m0/s1. The first kappa shape index (κ1) is 11.3. The Morgan fingerprint density at radius 3 is 2.50 bits per heavy atom. The van der Waals surface area contributed by atoms with Crippen LogP contribution in [0.15, 0.2) is 12.1 Å². The maximum Gasteiger partial charge on any atom is 0.151 e. The lowest BCUT2D eigenvalue weighted by Crippen LogP contribution is -2.23. The van der Waals surface area contributed by atoms with E-state index in [4.69, 9.17) is 0 Å². The SMILES string of the molecule is CC(C)(C)c1ccc(N2CC[C@H](O)C2)nn1. The summed E-state index contributed by atoms with van der Waals surface area (Å²) in [5, 5.41) is 17.9. The molecule has 0 amide bonds. The van der Waals surface area contributed by atoms with E-state index in [0.717, 1.165) is 24.5 Å². The highest BCUT2D eigenvalue weighted by Gasteiger charge is 2.22. The third-order valence-corrected chi connectivity index (χ3v) is 2.91. The van der Waals surface area contributed by atoms with Crippen molar-refractivity contribution in [3.8, 4) is 0 Å². The molecule has 0 saturated carbocycles. The minimum absolute atomic E-state index is 0.0378. The average Bonchev–Trinajstić information content (AvgIpc) is 2.64. The summed E-state index contributed by atoms with van der Waals surface area (Å²) in [4.78, 5) is 2.07. The lowest BCUT2D eigenvalue weighted by molar-refractivity contribution is 0.198. The number of aliphatic hydroxyl groups is 1. The Bertz CT molecular complexity index is 356. The van der Waals surface area contributed by atoms with Crippen molar-refractivity contribution in [2.24, 2.45) is 0 Å². The van der Waals surface area contributed by atoms with E-state index in [9.17, 15) is 5.11 Å². The predicted molar refractivity (Wildman–Crippen MR) is 63.6 cm³/mol. The van der Waals surface area contributed by atoms with Crippen LogP contribution < -0.4 is 4.90 Å². The molecular formula is C12H19N3O. The van der Waals surface area contributed by atoms with Crippen LogP contribution in [-0.2, 0) is 5.41 Å². The van der Waals surface area contributed by atoms with Gasteiger partial charge < -0.3 is 10.0 Å². The van der Waals surface area contributed by atoms with E-state index in [1.54, 1.807) is 0 Å². The second-order valence-electron chi connectivity index (χ2n) is 5.42. The number of hydrogen-bond acceptors (Lipinski definition) is 4. The van der Waals surface area contributed by atoms with Crippen molar-refractivity contribution in [1.29, 1.82) is 0 Å². The summed E-state index contributed by atoms with van der Waals surface area (Å²) in [6.45, 7) is 7.90. The van der Waals surface area contributed by atoms with Gasteiger partial charge in [-0.2, -0.15) is 5.10 Å². The second kappa shape index (κ2) is 4.01. The summed E-state index contributed by atoms with van der Waals surface area (Å²) in [5.41, 5.74) is 1.03. The number of hydrogen-bond donors (Lipinski definition) is 1. The van der Waals surface area contributed by atoms with Gasteiger partial charge in [-0.1, -0.05) is 20.8 Å². The minimum Gasteiger partial charge on any atom is -0.391 e. The zero-order valence-corrected chi connectivity index (χ0v) is 10.1. The van der Waals surface area contributed by atoms with Crippen LogP contribution in [0.1, 0.15) is 32.9 Å². The summed E-state index contributed by atoms with van der Waals surface area (Å²) >= 11 is 0. The smallest absolute Gasteiger partial charge is 0.151 e. The maximum absolute atomic E-state index is 9.45. The van der Waals surface area contributed by atoms with Gasteiger partial charge in [0.2, 0.25) is 0 Å². The van der Waals surface area contributed by atoms with E-state index in [1.165, 1.54) is 0 Å². The van der Waals surface area contributed by atoms with Crippen LogP contribution in [-0.4, -0.2) is 34.5 Å². The molecular weight excluding hydrogens is 202 g/mol. The van der Waals surface area contributed by atoms with Crippen LogP contribution in [0.3, 0.4) is 0 Å². The molecule has 1 aliphatic rings. The van der Waals surface area contributed by atoms with E-state index in [1.807, 2.05) is 12.1 Å². The summed E-state index contributed by atoms with van der Waals surface area (Å²) in [6, 6.07) is 4.01. The fraction of sp³-hybridized carbons (Fsp3) is 0.667. The molecule has 4 nitrogen and oxygen atoms in total. The summed E-state index contributed by atoms with van der Waals surface area (Å²) in [6.07, 6.45) is 0.604. The molecule has 1 N–H and O–H groups in total. The topological polar surface area (TPSA) is 49.2 Å². The second-order valence-corrected chi connectivity index (χ2v) is 5.42. The third-order valence-electron chi connectivity index (χ3n) is 2.91. The van der Waals surface area contributed by atoms with Crippen molar-refractivity contribution in [3.05, 3.63) is 17.8 Å². The molecule has 0 spiro atoms. The molecule has 0 aromatic carbocycles. The molecule has 1 saturated heterocycles. The van der Waals surface area contributed by atoms with Gasteiger partial charge in [-0.05, 0) is 18.6 Å². The fourth-order valence-corrected chi connectivity index (χ4v) is 1.84. The highest BCUT2D eigenvalue weighted by atomic mass is 16.3. The molecule has 1 aliphatic heterocycles. The normalized spacial score (nSPS) is 21.5. The lowest BCUT2D eigenvalue weighted by Gasteiger charge is -2.19. The number of aliphatic hydroxyl groups excluding tert-OH is 1. The van der Waals surface area contributed by atoms with Gasteiger partial charge in [-0.3, -0.25) is 0 Å². The number of anilines is 1. The number of aromatic nitrogens is 2. The highest BCUT2D eigenvalue weighted by molar-refractivity contribution is 5.39. The molecule has 0 radical (unpaired) electrons. The van der Waals surface area contributed by atoms with Crippen LogP contribution in [0.2, 0.25) is 0 Å². The van der Waals surface area contributed by atoms with E-state index in [0.29, 0.717) is 6.54 Å². The summed E-state index contributed by atoms with van der Waals surface area (Å²) in [7, 11) is 0. The largest absolute Gasteiger partial charge is 0.391 e. The van der Waals surface area contributed by atoms with E-state index in [2.05, 4.69) is 35.9 Å². The average molecular weight is 221 g/mol. The molecule has 0 aliphatic carbocycles. The van der Waals surface area contributed by atoms with Gasteiger partial charge in [-0.25, -0.2) is 0 Å². The van der Waals surface area contributed by atoms with Gasteiger partial charge in [-0.15, -0.1) is 5.10 Å². The zero-order chi connectivity index (χ0) is 11.8. The predicted octanol–water partition coefficient (Wildman–Crippen LogP) is 1.35. The molecule has 2 rings (SSSR count). The van der Waals surface area contributed by atoms with Crippen molar-refractivity contribution in [1.82, 2.24) is 10.2 Å². The van der Waals surface area contributed by atoms with E-state index in [-0.39, 0.29) is 11.5 Å². The molecule has 0 bridgehead atoms. The molecule has 16 heavy (non-hydrogen) atoms. The number of nitrogens with zero attached hydrogens (tertiary/aromatic N) is 3. The van der Waals surface area contributed by atoms with Gasteiger partial charge in [0.1, 0.15) is 0 Å². The van der Waals surface area contributed by atoms with Crippen molar-refractivity contribution in [2.45, 2.75) is 38.7 Å². The van der Waals surface area contributed by atoms with Gasteiger partial charge >= 0.3 is 0 Å². The van der Waals surface area contributed by atoms with Crippen molar-refractivity contribution in [2.75, 3.05) is 18.0 Å². The highest BCUT2D eigenvalue weighted by Crippen LogP contribution is 2.22. The van der Waals surface area contributed by atoms with Crippen molar-refractivity contribution >= 4 is 5.82 Å². The third kappa shape index (κ3) is 2.32. The fourth-order valence-electron chi connectivity index (χ4n) is 1.84. The van der Waals surface area contributed by atoms with Crippen LogP contribution in [0.4, 0.5) is 5.82 Å². The first-order valence-electron chi connectivity index (χ1n) is 5.74. The van der Waals surface area contributed by atoms with Crippen LogP contribution in [0.5, 0.6) is 0 Å². The monoisotopic (exact) mass is 221 g/mol. The molecule has 1 fully saturated rings. The van der Waals surface area contributed by atoms with Crippen molar-refractivity contribution < 1.29 is 5.11 Å². The molecule has 2 heterocycles. The van der Waals surface area contributed by atoms with Crippen LogP contribution >= 0.6 is 0 Å². The molecule has 1 aromatic heterocycles. The quantitative estimate of drug-likeness (QED) is 0.777. The van der Waals surface area contributed by atoms with E-state index >= 15 is 0 Å². The Balaban J connectivity index is 2.14. The van der Waals surface area contributed by atoms with Gasteiger partial charge in [0, 0.05) is 18.5 Å². The van der Waals surface area contributed by atoms with Gasteiger partial charge in [0.15, 0.2) is 5.82 Å². The number of β-amino-alcohol motifs (C(OH)–C–C–N with tert-alkyl or cyclic N) is 1. The Hall–Kier alpha value is -1.16. The minimum atomic E-state index is -0.218. The van der Waals surface area contributed by atoms with Gasteiger partial charge in [0.05, 0.1) is 11.8 Å². The molecule has 1 aromatic rings. The zero-order valence-electron chi connectivity index (χ0n) is 10.1. The lowest BCUT2D eigenvalue weighted by atomic mass is 9.92. The number of rotatable bonds is 1. The molecule has 4 heteroatoms.